The van der Waals surface area contributed by atoms with Crippen molar-refractivity contribution in [3.63, 3.8) is 0 Å². The van der Waals surface area contributed by atoms with E-state index in [9.17, 15) is 0 Å². The van der Waals surface area contributed by atoms with Gasteiger partial charge in [0.15, 0.2) is 5.13 Å². The van der Waals surface area contributed by atoms with Crippen LogP contribution < -0.4 is 10.2 Å². The van der Waals surface area contributed by atoms with E-state index in [0.717, 1.165) is 29.5 Å². The van der Waals surface area contributed by atoms with Crippen molar-refractivity contribution in [2.45, 2.75) is 13.8 Å². The summed E-state index contributed by atoms with van der Waals surface area (Å²) in [6.45, 7) is 6.30. The molecule has 0 spiro atoms. The van der Waals surface area contributed by atoms with Crippen molar-refractivity contribution in [3.8, 4) is 11.3 Å². The van der Waals surface area contributed by atoms with Gasteiger partial charge in [-0.05, 0) is 38.1 Å². The Morgan fingerprint density at radius 1 is 0.962 bits per heavy atom. The summed E-state index contributed by atoms with van der Waals surface area (Å²) in [6.07, 6.45) is 0. The zero-order valence-corrected chi connectivity index (χ0v) is 17.5. The summed E-state index contributed by atoms with van der Waals surface area (Å²) in [4.78, 5) is 6.95. The molecule has 1 aromatic heterocycles. The minimum atomic E-state index is 0.426. The molecule has 0 unspecified atom stereocenters. The van der Waals surface area contributed by atoms with E-state index in [1.165, 1.54) is 17.0 Å². The molecular formula is C19H18Cl3N3S. The third kappa shape index (κ3) is 4.26. The van der Waals surface area contributed by atoms with Crippen molar-refractivity contribution in [1.82, 2.24) is 4.98 Å². The van der Waals surface area contributed by atoms with Gasteiger partial charge in [-0.1, -0.05) is 46.9 Å². The van der Waals surface area contributed by atoms with E-state index < -0.39 is 0 Å². The molecule has 1 N–H and O–H groups in total. The molecule has 0 aliphatic rings. The lowest BCUT2D eigenvalue weighted by molar-refractivity contribution is 0.866. The van der Waals surface area contributed by atoms with Crippen LogP contribution in [0.3, 0.4) is 0 Å². The molecule has 3 aromatic rings. The second-order valence-electron chi connectivity index (χ2n) is 5.63. The first-order chi connectivity index (χ1) is 12.5. The first-order valence-electron chi connectivity index (χ1n) is 8.24. The summed E-state index contributed by atoms with van der Waals surface area (Å²) in [5.74, 6) is 0. The van der Waals surface area contributed by atoms with Crippen molar-refractivity contribution < 1.29 is 0 Å². The molecule has 26 heavy (non-hydrogen) atoms. The van der Waals surface area contributed by atoms with Crippen LogP contribution in [0.15, 0.2) is 41.8 Å². The van der Waals surface area contributed by atoms with E-state index >= 15 is 0 Å². The SMILES string of the molecule is CCN(CC)c1ccc(-c2csc(Nc3cc(Cl)c(Cl)cc3Cl)n2)cc1. The predicted octanol–water partition coefficient (Wildman–Crippen LogP) is 7.36. The van der Waals surface area contributed by atoms with Crippen molar-refractivity contribution in [2.24, 2.45) is 0 Å². The average molecular weight is 427 g/mol. The minimum Gasteiger partial charge on any atom is -0.372 e. The zero-order valence-electron chi connectivity index (χ0n) is 14.4. The van der Waals surface area contributed by atoms with E-state index in [0.29, 0.717) is 20.8 Å². The maximum absolute atomic E-state index is 6.22. The van der Waals surface area contributed by atoms with Crippen LogP contribution in [0.5, 0.6) is 0 Å². The minimum absolute atomic E-state index is 0.426. The number of aromatic nitrogens is 1. The molecule has 136 valence electrons. The summed E-state index contributed by atoms with van der Waals surface area (Å²) in [5, 5.41) is 7.33. The second-order valence-corrected chi connectivity index (χ2v) is 7.71. The standard InChI is InChI=1S/C19H18Cl3N3S/c1-3-25(4-2)13-7-5-12(6-8-13)18-11-26-19(24-18)23-17-10-15(21)14(20)9-16(17)22/h5-11H,3-4H2,1-2H3,(H,23,24). The highest BCUT2D eigenvalue weighted by Crippen LogP contribution is 2.35. The van der Waals surface area contributed by atoms with E-state index in [2.05, 4.69) is 53.3 Å². The fourth-order valence-corrected chi connectivity index (χ4v) is 3.96. The van der Waals surface area contributed by atoms with E-state index in [1.807, 2.05) is 5.38 Å². The number of nitrogens with one attached hydrogen (secondary N) is 1. The van der Waals surface area contributed by atoms with Crippen LogP contribution in [-0.2, 0) is 0 Å². The lowest BCUT2D eigenvalue weighted by Crippen LogP contribution is -2.21. The van der Waals surface area contributed by atoms with Crippen LogP contribution in [-0.4, -0.2) is 18.1 Å². The molecule has 0 saturated heterocycles. The lowest BCUT2D eigenvalue weighted by Gasteiger charge is -2.20. The molecule has 0 aliphatic heterocycles. The quantitative estimate of drug-likeness (QED) is 0.417. The van der Waals surface area contributed by atoms with Gasteiger partial charge in [-0.15, -0.1) is 11.3 Å². The Kier molecular flexibility index (Phi) is 6.30. The van der Waals surface area contributed by atoms with Gasteiger partial charge < -0.3 is 10.2 Å². The first-order valence-corrected chi connectivity index (χ1v) is 10.3. The predicted molar refractivity (Wildman–Crippen MR) is 116 cm³/mol. The Morgan fingerprint density at radius 2 is 1.62 bits per heavy atom. The third-order valence-corrected chi connectivity index (χ3v) is 5.84. The van der Waals surface area contributed by atoms with Gasteiger partial charge in [0.25, 0.3) is 0 Å². The highest BCUT2D eigenvalue weighted by Gasteiger charge is 2.10. The maximum Gasteiger partial charge on any atom is 0.187 e. The van der Waals surface area contributed by atoms with Crippen LogP contribution in [0, 0.1) is 0 Å². The fraction of sp³-hybridized carbons (Fsp3) is 0.211. The van der Waals surface area contributed by atoms with Crippen LogP contribution in [0.25, 0.3) is 11.3 Å². The van der Waals surface area contributed by atoms with Crippen molar-refractivity contribution in [1.29, 1.82) is 0 Å². The smallest absolute Gasteiger partial charge is 0.187 e. The number of nitrogens with zero attached hydrogens (tertiary/aromatic N) is 2. The van der Waals surface area contributed by atoms with Gasteiger partial charge in [0.1, 0.15) is 0 Å². The Labute approximate surface area is 172 Å². The van der Waals surface area contributed by atoms with Crippen LogP contribution in [0.2, 0.25) is 15.1 Å². The summed E-state index contributed by atoms with van der Waals surface area (Å²) in [7, 11) is 0. The third-order valence-electron chi connectivity index (χ3n) is 4.05. The summed E-state index contributed by atoms with van der Waals surface area (Å²) >= 11 is 19.8. The highest BCUT2D eigenvalue weighted by atomic mass is 35.5. The monoisotopic (exact) mass is 425 g/mol. The van der Waals surface area contributed by atoms with Crippen LogP contribution in [0.1, 0.15) is 13.8 Å². The average Bonchev–Trinajstić information content (AvgIpc) is 3.10. The van der Waals surface area contributed by atoms with Gasteiger partial charge in [0.2, 0.25) is 0 Å². The van der Waals surface area contributed by atoms with Crippen molar-refractivity contribution >= 4 is 62.6 Å². The number of benzene rings is 2. The Bertz CT molecular complexity index is 890. The van der Waals surface area contributed by atoms with E-state index in [4.69, 9.17) is 34.8 Å². The molecule has 0 fully saturated rings. The molecule has 0 aliphatic carbocycles. The van der Waals surface area contributed by atoms with Crippen LogP contribution >= 0.6 is 46.1 Å². The zero-order chi connectivity index (χ0) is 18.7. The number of hydrogen-bond donors (Lipinski definition) is 1. The molecule has 0 atom stereocenters. The molecule has 0 amide bonds. The Hall–Kier alpha value is -1.46. The highest BCUT2D eigenvalue weighted by molar-refractivity contribution is 7.14. The fourth-order valence-electron chi connectivity index (χ4n) is 2.63. The van der Waals surface area contributed by atoms with Gasteiger partial charge in [0, 0.05) is 29.7 Å². The number of hydrogen-bond acceptors (Lipinski definition) is 4. The van der Waals surface area contributed by atoms with Crippen LogP contribution in [0.4, 0.5) is 16.5 Å². The molecule has 0 radical (unpaired) electrons. The molecule has 1 heterocycles. The van der Waals surface area contributed by atoms with Gasteiger partial charge in [0.05, 0.1) is 26.4 Å². The lowest BCUT2D eigenvalue weighted by atomic mass is 10.1. The van der Waals surface area contributed by atoms with Gasteiger partial charge >= 0.3 is 0 Å². The molecule has 0 bridgehead atoms. The summed E-state index contributed by atoms with van der Waals surface area (Å²) < 4.78 is 0. The Morgan fingerprint density at radius 3 is 2.27 bits per heavy atom. The number of anilines is 3. The molecule has 2 aromatic carbocycles. The normalized spacial score (nSPS) is 10.8. The number of rotatable bonds is 6. The maximum atomic E-state index is 6.22. The second kappa shape index (κ2) is 8.49. The molecule has 3 rings (SSSR count). The van der Waals surface area contributed by atoms with Crippen molar-refractivity contribution in [2.75, 3.05) is 23.3 Å². The molecule has 7 heteroatoms. The first kappa shape index (κ1) is 19.3. The molecular weight excluding hydrogens is 409 g/mol. The Balaban J connectivity index is 1.79. The topological polar surface area (TPSA) is 28.2 Å². The van der Waals surface area contributed by atoms with Gasteiger partial charge in [-0.3, -0.25) is 0 Å². The summed E-state index contributed by atoms with van der Waals surface area (Å²) in [6, 6.07) is 11.8. The number of halogens is 3. The van der Waals surface area contributed by atoms with Gasteiger partial charge in [-0.2, -0.15) is 0 Å². The number of thiazole rings is 1. The largest absolute Gasteiger partial charge is 0.372 e. The molecule has 0 saturated carbocycles. The van der Waals surface area contributed by atoms with E-state index in [1.54, 1.807) is 12.1 Å². The van der Waals surface area contributed by atoms with E-state index in [-0.39, 0.29) is 0 Å². The van der Waals surface area contributed by atoms with Gasteiger partial charge in [-0.25, -0.2) is 4.98 Å². The molecule has 3 nitrogen and oxygen atoms in total. The summed E-state index contributed by atoms with van der Waals surface area (Å²) in [5.41, 5.74) is 3.89. The van der Waals surface area contributed by atoms with Crippen molar-refractivity contribution in [3.05, 3.63) is 56.8 Å².